The monoisotopic (exact) mass is 291 g/mol. The van der Waals surface area contributed by atoms with Crippen molar-refractivity contribution < 1.29 is 10.3 Å². The highest BCUT2D eigenvalue weighted by molar-refractivity contribution is 5.98. The molecule has 0 unspecified atom stereocenters. The fourth-order valence-electron chi connectivity index (χ4n) is 4.53. The van der Waals surface area contributed by atoms with Crippen LogP contribution in [0.3, 0.4) is 0 Å². The fraction of sp³-hybridized carbons (Fsp3) is 0.722. The van der Waals surface area contributed by atoms with Gasteiger partial charge in [-0.15, -0.1) is 0 Å². The summed E-state index contributed by atoms with van der Waals surface area (Å²) in [6.45, 7) is 12.9. The Balaban J connectivity index is 2.50. The van der Waals surface area contributed by atoms with Gasteiger partial charge in [-0.25, -0.2) is 0 Å². The Labute approximate surface area is 128 Å². The van der Waals surface area contributed by atoms with Gasteiger partial charge in [0.1, 0.15) is 0 Å². The van der Waals surface area contributed by atoms with Gasteiger partial charge in [0, 0.05) is 11.8 Å². The molecule has 21 heavy (non-hydrogen) atoms. The molecule has 0 bridgehead atoms. The standard InChI is InChI=1S/C18H29NO2/c1-11-7-13(16(20)18(5,6)10-11)15-14(19-21)8-12(2)9-17(15,3)4/h7-8,13,15-16,20-21H,9-10H2,1-6H3/t13-,15-,16-/m0/s1. The van der Waals surface area contributed by atoms with E-state index in [0.29, 0.717) is 5.71 Å². The average Bonchev–Trinajstić information content (AvgIpc) is 2.31. The quantitative estimate of drug-likeness (QED) is 0.433. The summed E-state index contributed by atoms with van der Waals surface area (Å²) >= 11 is 0. The summed E-state index contributed by atoms with van der Waals surface area (Å²) in [5.41, 5.74) is 3.07. The van der Waals surface area contributed by atoms with Gasteiger partial charge in [0.2, 0.25) is 0 Å². The normalized spacial score (nSPS) is 37.1. The number of aliphatic hydroxyl groups is 1. The molecule has 0 spiro atoms. The van der Waals surface area contributed by atoms with Gasteiger partial charge in [0.05, 0.1) is 11.8 Å². The third kappa shape index (κ3) is 2.94. The molecule has 0 heterocycles. The molecule has 0 radical (unpaired) electrons. The lowest BCUT2D eigenvalue weighted by Gasteiger charge is -2.48. The Hall–Kier alpha value is -1.09. The first-order chi connectivity index (χ1) is 9.58. The van der Waals surface area contributed by atoms with Crippen molar-refractivity contribution in [2.45, 2.75) is 60.5 Å². The summed E-state index contributed by atoms with van der Waals surface area (Å²) in [6, 6.07) is 0. The summed E-state index contributed by atoms with van der Waals surface area (Å²) in [7, 11) is 0. The van der Waals surface area contributed by atoms with Crippen LogP contribution < -0.4 is 0 Å². The molecule has 3 atom stereocenters. The van der Waals surface area contributed by atoms with E-state index in [-0.39, 0.29) is 22.7 Å². The van der Waals surface area contributed by atoms with Gasteiger partial charge in [0.15, 0.2) is 0 Å². The van der Waals surface area contributed by atoms with Crippen molar-refractivity contribution in [1.29, 1.82) is 0 Å². The Morgan fingerprint density at radius 1 is 1.05 bits per heavy atom. The van der Waals surface area contributed by atoms with Gasteiger partial charge in [-0.3, -0.25) is 0 Å². The second-order valence-corrected chi connectivity index (χ2v) is 8.36. The molecule has 2 aliphatic rings. The molecular weight excluding hydrogens is 262 g/mol. The molecule has 0 aromatic carbocycles. The molecule has 3 nitrogen and oxygen atoms in total. The van der Waals surface area contributed by atoms with E-state index in [4.69, 9.17) is 0 Å². The van der Waals surface area contributed by atoms with Crippen molar-refractivity contribution in [2.75, 3.05) is 0 Å². The lowest BCUT2D eigenvalue weighted by atomic mass is 9.57. The predicted octanol–water partition coefficient (Wildman–Crippen LogP) is 4.16. The van der Waals surface area contributed by atoms with Crippen LogP contribution in [0, 0.1) is 22.7 Å². The SMILES string of the molecule is CC1=CC(=NO)[C@H]([C@@H]2C=C(C)CC(C)(C)[C@H]2O)C(C)(C)C1. The van der Waals surface area contributed by atoms with Crippen LogP contribution in [0.1, 0.15) is 54.4 Å². The molecule has 0 aliphatic heterocycles. The molecule has 2 aliphatic carbocycles. The highest BCUT2D eigenvalue weighted by Gasteiger charge is 2.48. The summed E-state index contributed by atoms with van der Waals surface area (Å²) < 4.78 is 0. The van der Waals surface area contributed by atoms with Crippen LogP contribution in [0.4, 0.5) is 0 Å². The first-order valence-corrected chi connectivity index (χ1v) is 7.83. The highest BCUT2D eigenvalue weighted by Crippen LogP contribution is 2.49. The Bertz CT molecular complexity index is 511. The van der Waals surface area contributed by atoms with Crippen LogP contribution in [0.2, 0.25) is 0 Å². The maximum absolute atomic E-state index is 10.9. The van der Waals surface area contributed by atoms with Crippen molar-refractivity contribution in [2.24, 2.45) is 27.8 Å². The zero-order valence-corrected chi connectivity index (χ0v) is 14.1. The van der Waals surface area contributed by atoms with Crippen molar-refractivity contribution in [3.05, 3.63) is 23.3 Å². The number of hydrogen-bond acceptors (Lipinski definition) is 3. The van der Waals surface area contributed by atoms with E-state index in [1.807, 2.05) is 6.08 Å². The zero-order valence-electron chi connectivity index (χ0n) is 14.1. The molecular formula is C18H29NO2. The smallest absolute Gasteiger partial charge is 0.0838 e. The van der Waals surface area contributed by atoms with Crippen LogP contribution in [0.25, 0.3) is 0 Å². The number of rotatable bonds is 1. The Morgan fingerprint density at radius 2 is 1.62 bits per heavy atom. The highest BCUT2D eigenvalue weighted by atomic mass is 16.4. The minimum Gasteiger partial charge on any atom is -0.411 e. The minimum atomic E-state index is -0.422. The first-order valence-electron chi connectivity index (χ1n) is 7.83. The molecule has 118 valence electrons. The van der Waals surface area contributed by atoms with Crippen molar-refractivity contribution in [1.82, 2.24) is 0 Å². The van der Waals surface area contributed by atoms with Crippen LogP contribution in [0.5, 0.6) is 0 Å². The van der Waals surface area contributed by atoms with Gasteiger partial charge in [-0.1, -0.05) is 50.1 Å². The number of nitrogens with zero attached hydrogens (tertiary/aromatic N) is 1. The largest absolute Gasteiger partial charge is 0.411 e. The number of oxime groups is 1. The van der Waals surface area contributed by atoms with Gasteiger partial charge >= 0.3 is 0 Å². The van der Waals surface area contributed by atoms with Crippen LogP contribution in [0.15, 0.2) is 28.5 Å². The number of allylic oxidation sites excluding steroid dienone is 3. The van der Waals surface area contributed by atoms with Crippen LogP contribution >= 0.6 is 0 Å². The lowest BCUT2D eigenvalue weighted by Crippen LogP contribution is -2.49. The molecule has 0 aromatic rings. The van der Waals surface area contributed by atoms with E-state index in [0.717, 1.165) is 12.8 Å². The molecule has 0 saturated carbocycles. The van der Waals surface area contributed by atoms with Gasteiger partial charge in [0.25, 0.3) is 0 Å². The van der Waals surface area contributed by atoms with E-state index in [9.17, 15) is 10.3 Å². The van der Waals surface area contributed by atoms with E-state index in [2.05, 4.69) is 52.8 Å². The van der Waals surface area contributed by atoms with Crippen molar-refractivity contribution >= 4 is 5.71 Å². The fourth-order valence-corrected chi connectivity index (χ4v) is 4.53. The first kappa shape index (κ1) is 16.3. The molecule has 0 saturated heterocycles. The van der Waals surface area contributed by atoms with Crippen LogP contribution in [-0.4, -0.2) is 22.1 Å². The summed E-state index contributed by atoms with van der Waals surface area (Å²) in [6.07, 6.45) is 5.63. The molecule has 3 heteroatoms. The molecule has 0 aromatic heterocycles. The third-order valence-corrected chi connectivity index (χ3v) is 5.17. The molecule has 2 rings (SSSR count). The maximum Gasteiger partial charge on any atom is 0.0838 e. The van der Waals surface area contributed by atoms with E-state index >= 15 is 0 Å². The molecule has 0 fully saturated rings. The second-order valence-electron chi connectivity index (χ2n) is 8.36. The van der Waals surface area contributed by atoms with Gasteiger partial charge < -0.3 is 10.3 Å². The van der Waals surface area contributed by atoms with Crippen LogP contribution in [-0.2, 0) is 0 Å². The summed E-state index contributed by atoms with van der Waals surface area (Å²) in [4.78, 5) is 0. The third-order valence-electron chi connectivity index (χ3n) is 5.17. The van der Waals surface area contributed by atoms with E-state index in [1.54, 1.807) is 0 Å². The predicted molar refractivity (Wildman–Crippen MR) is 86.5 cm³/mol. The van der Waals surface area contributed by atoms with Gasteiger partial charge in [-0.05, 0) is 43.6 Å². The average molecular weight is 291 g/mol. The Kier molecular flexibility index (Phi) is 4.09. The molecule has 0 amide bonds. The number of hydrogen-bond donors (Lipinski definition) is 2. The van der Waals surface area contributed by atoms with E-state index < -0.39 is 6.10 Å². The lowest BCUT2D eigenvalue weighted by molar-refractivity contribution is -0.0191. The summed E-state index contributed by atoms with van der Waals surface area (Å²) in [5, 5.41) is 23.9. The van der Waals surface area contributed by atoms with Crippen molar-refractivity contribution in [3.63, 3.8) is 0 Å². The van der Waals surface area contributed by atoms with Gasteiger partial charge in [-0.2, -0.15) is 0 Å². The molecule has 2 N–H and O–H groups in total. The maximum atomic E-state index is 10.9. The second kappa shape index (κ2) is 5.28. The van der Waals surface area contributed by atoms with Crippen molar-refractivity contribution in [3.8, 4) is 0 Å². The zero-order chi connectivity index (χ0) is 16.0. The topological polar surface area (TPSA) is 52.8 Å². The van der Waals surface area contributed by atoms with E-state index in [1.165, 1.54) is 11.1 Å². The number of aliphatic hydroxyl groups excluding tert-OH is 1. The Morgan fingerprint density at radius 3 is 2.19 bits per heavy atom. The summed E-state index contributed by atoms with van der Waals surface area (Å²) in [5.74, 6) is 0.0368. The minimum absolute atomic E-state index is 0.000926.